The van der Waals surface area contributed by atoms with Gasteiger partial charge in [0.15, 0.2) is 0 Å². The summed E-state index contributed by atoms with van der Waals surface area (Å²) < 4.78 is 24.0. The summed E-state index contributed by atoms with van der Waals surface area (Å²) in [5.41, 5.74) is 0. The van der Waals surface area contributed by atoms with E-state index in [4.69, 9.17) is 0 Å². The van der Waals surface area contributed by atoms with Gasteiger partial charge >= 0.3 is 0 Å². The summed E-state index contributed by atoms with van der Waals surface area (Å²) in [5, 5.41) is 3.46. The lowest BCUT2D eigenvalue weighted by molar-refractivity contribution is 0.151. The first-order valence-electron chi connectivity index (χ1n) is 3.69. The van der Waals surface area contributed by atoms with Crippen molar-refractivity contribution in [3.8, 4) is 0 Å². The maximum absolute atomic E-state index is 10.8. The van der Waals surface area contributed by atoms with E-state index in [9.17, 15) is 8.42 Å². The zero-order valence-electron chi connectivity index (χ0n) is 7.28. The highest BCUT2D eigenvalue weighted by atomic mass is 32.2. The Labute approximate surface area is 72.8 Å². The summed E-state index contributed by atoms with van der Waals surface area (Å²) in [5.74, 6) is 0.0873. The lowest BCUT2D eigenvalue weighted by atomic mass is 10.7. The average Bonchev–Trinajstić information content (AvgIpc) is 2.04. The minimum atomic E-state index is -3.09. The molecule has 0 amide bonds. The Hall–Kier alpha value is -0.620. The standard InChI is InChI=1S/C6H14N2O3S/c1-3-7-11-6-5-8-12(9,10)4-2/h3,8H,4-6H2,1-2H3/b7-3+. The van der Waals surface area contributed by atoms with Crippen molar-refractivity contribution in [1.29, 1.82) is 0 Å². The van der Waals surface area contributed by atoms with Crippen molar-refractivity contribution < 1.29 is 13.3 Å². The molecule has 0 aromatic carbocycles. The van der Waals surface area contributed by atoms with Crippen LogP contribution < -0.4 is 4.72 Å². The second kappa shape index (κ2) is 5.96. The first kappa shape index (κ1) is 11.4. The molecule has 0 aromatic rings. The molecule has 0 rings (SSSR count). The smallest absolute Gasteiger partial charge is 0.211 e. The van der Waals surface area contributed by atoms with Gasteiger partial charge in [-0.25, -0.2) is 13.1 Å². The minimum Gasteiger partial charge on any atom is -0.395 e. The summed E-state index contributed by atoms with van der Waals surface area (Å²) in [6, 6.07) is 0. The summed E-state index contributed by atoms with van der Waals surface area (Å²) in [6.45, 7) is 3.81. The van der Waals surface area contributed by atoms with Gasteiger partial charge in [0.1, 0.15) is 6.61 Å². The maximum Gasteiger partial charge on any atom is 0.211 e. The van der Waals surface area contributed by atoms with Crippen molar-refractivity contribution in [3.63, 3.8) is 0 Å². The SMILES string of the molecule is C/C=N/OCCNS(=O)(=O)CC. The molecule has 6 heteroatoms. The Bertz CT molecular complexity index is 223. The highest BCUT2D eigenvalue weighted by Gasteiger charge is 2.03. The van der Waals surface area contributed by atoms with Crippen molar-refractivity contribution in [2.75, 3.05) is 18.9 Å². The third-order valence-electron chi connectivity index (χ3n) is 1.08. The first-order chi connectivity index (χ1) is 5.62. The Morgan fingerprint density at radius 1 is 1.58 bits per heavy atom. The Morgan fingerprint density at radius 2 is 2.25 bits per heavy atom. The van der Waals surface area contributed by atoms with Gasteiger partial charge in [0, 0.05) is 12.8 Å². The van der Waals surface area contributed by atoms with E-state index in [1.165, 1.54) is 6.21 Å². The van der Waals surface area contributed by atoms with Crippen molar-refractivity contribution in [2.24, 2.45) is 5.16 Å². The quantitative estimate of drug-likeness (QED) is 0.366. The number of hydrogen-bond donors (Lipinski definition) is 1. The summed E-state index contributed by atoms with van der Waals surface area (Å²) >= 11 is 0. The number of oxime groups is 1. The van der Waals surface area contributed by atoms with Gasteiger partial charge in [-0.15, -0.1) is 0 Å². The van der Waals surface area contributed by atoms with Crippen LogP contribution in [0.1, 0.15) is 13.8 Å². The van der Waals surface area contributed by atoms with Crippen LogP contribution in [0.4, 0.5) is 0 Å². The molecule has 0 unspecified atom stereocenters. The molecule has 0 spiro atoms. The molecule has 0 aromatic heterocycles. The molecule has 0 bridgehead atoms. The molecule has 72 valence electrons. The molecule has 0 radical (unpaired) electrons. The Balaban J connectivity index is 3.44. The summed E-state index contributed by atoms with van der Waals surface area (Å²) in [6.07, 6.45) is 1.49. The lowest BCUT2D eigenvalue weighted by Crippen LogP contribution is -2.28. The topological polar surface area (TPSA) is 67.8 Å². The molecule has 12 heavy (non-hydrogen) atoms. The van der Waals surface area contributed by atoms with Gasteiger partial charge in [-0.1, -0.05) is 5.16 Å². The fraction of sp³-hybridized carbons (Fsp3) is 0.833. The van der Waals surface area contributed by atoms with Crippen LogP contribution in [0.5, 0.6) is 0 Å². The van der Waals surface area contributed by atoms with E-state index in [2.05, 4.69) is 14.7 Å². The van der Waals surface area contributed by atoms with Crippen molar-refractivity contribution >= 4 is 16.2 Å². The third kappa shape index (κ3) is 6.11. The van der Waals surface area contributed by atoms with Gasteiger partial charge in [0.05, 0.1) is 5.75 Å². The van der Waals surface area contributed by atoms with Gasteiger partial charge in [0.25, 0.3) is 0 Å². The van der Waals surface area contributed by atoms with E-state index in [1.54, 1.807) is 13.8 Å². The molecule has 0 aliphatic heterocycles. The van der Waals surface area contributed by atoms with Crippen molar-refractivity contribution in [2.45, 2.75) is 13.8 Å². The fourth-order valence-corrected chi connectivity index (χ4v) is 1.07. The molecule has 0 fully saturated rings. The van der Waals surface area contributed by atoms with Crippen LogP contribution in [-0.2, 0) is 14.9 Å². The molecular formula is C6H14N2O3S. The lowest BCUT2D eigenvalue weighted by Gasteiger charge is -2.02. The molecule has 0 atom stereocenters. The van der Waals surface area contributed by atoms with E-state index in [0.717, 1.165) is 0 Å². The van der Waals surface area contributed by atoms with Crippen LogP contribution in [0.15, 0.2) is 5.16 Å². The maximum atomic E-state index is 10.8. The van der Waals surface area contributed by atoms with Crippen LogP contribution in [0.3, 0.4) is 0 Å². The molecule has 1 N–H and O–H groups in total. The Morgan fingerprint density at radius 3 is 2.75 bits per heavy atom. The van der Waals surface area contributed by atoms with E-state index in [1.807, 2.05) is 0 Å². The summed E-state index contributed by atoms with van der Waals surface area (Å²) in [7, 11) is -3.09. The average molecular weight is 194 g/mol. The monoisotopic (exact) mass is 194 g/mol. The van der Waals surface area contributed by atoms with Crippen LogP contribution >= 0.6 is 0 Å². The van der Waals surface area contributed by atoms with Crippen molar-refractivity contribution in [1.82, 2.24) is 4.72 Å². The number of rotatable bonds is 6. The largest absolute Gasteiger partial charge is 0.395 e. The molecule has 0 aliphatic carbocycles. The molecular weight excluding hydrogens is 180 g/mol. The number of nitrogens with one attached hydrogen (secondary N) is 1. The van der Waals surface area contributed by atoms with Gasteiger partial charge < -0.3 is 4.84 Å². The summed E-state index contributed by atoms with van der Waals surface area (Å²) in [4.78, 5) is 4.67. The second-order valence-electron chi connectivity index (χ2n) is 1.99. The second-order valence-corrected chi connectivity index (χ2v) is 4.09. The number of sulfonamides is 1. The first-order valence-corrected chi connectivity index (χ1v) is 5.35. The van der Waals surface area contributed by atoms with E-state index < -0.39 is 10.0 Å². The zero-order chi connectivity index (χ0) is 9.45. The molecule has 0 heterocycles. The fourth-order valence-electron chi connectivity index (χ4n) is 0.472. The molecule has 0 saturated heterocycles. The molecule has 5 nitrogen and oxygen atoms in total. The molecule has 0 saturated carbocycles. The van der Waals surface area contributed by atoms with Crippen LogP contribution in [0.2, 0.25) is 0 Å². The van der Waals surface area contributed by atoms with Gasteiger partial charge in [-0.05, 0) is 13.8 Å². The Kier molecular flexibility index (Phi) is 5.65. The van der Waals surface area contributed by atoms with E-state index in [-0.39, 0.29) is 18.9 Å². The van der Waals surface area contributed by atoms with Crippen molar-refractivity contribution in [3.05, 3.63) is 0 Å². The van der Waals surface area contributed by atoms with Gasteiger partial charge in [-0.2, -0.15) is 0 Å². The highest BCUT2D eigenvalue weighted by Crippen LogP contribution is 1.81. The number of hydrogen-bond acceptors (Lipinski definition) is 4. The predicted octanol–water partition coefficient (Wildman–Crippen LogP) is -0.0520. The third-order valence-corrected chi connectivity index (χ3v) is 2.48. The number of nitrogens with zero attached hydrogens (tertiary/aromatic N) is 1. The van der Waals surface area contributed by atoms with Gasteiger partial charge in [0.2, 0.25) is 10.0 Å². The van der Waals surface area contributed by atoms with Gasteiger partial charge in [-0.3, -0.25) is 0 Å². The van der Waals surface area contributed by atoms with E-state index in [0.29, 0.717) is 0 Å². The van der Waals surface area contributed by atoms with Crippen LogP contribution in [-0.4, -0.2) is 33.5 Å². The zero-order valence-corrected chi connectivity index (χ0v) is 8.10. The predicted molar refractivity (Wildman–Crippen MR) is 47.6 cm³/mol. The molecule has 0 aliphatic rings. The van der Waals surface area contributed by atoms with Crippen LogP contribution in [0.25, 0.3) is 0 Å². The normalized spacial score (nSPS) is 12.2. The minimum absolute atomic E-state index is 0.0873. The van der Waals surface area contributed by atoms with Crippen LogP contribution in [0, 0.1) is 0 Å². The highest BCUT2D eigenvalue weighted by molar-refractivity contribution is 7.89. The van der Waals surface area contributed by atoms with E-state index >= 15 is 0 Å².